The Kier molecular flexibility index (Phi) is 5.77. The van der Waals surface area contributed by atoms with Crippen molar-refractivity contribution in [3.8, 4) is 5.75 Å². The fourth-order valence-corrected chi connectivity index (χ4v) is 3.25. The first-order chi connectivity index (χ1) is 13.7. The van der Waals surface area contributed by atoms with Crippen LogP contribution in [0.3, 0.4) is 0 Å². The largest absolute Gasteiger partial charge is 0.480 e. The van der Waals surface area contributed by atoms with Crippen LogP contribution in [0.1, 0.15) is 41.8 Å². The van der Waals surface area contributed by atoms with E-state index in [2.05, 4.69) is 10.4 Å². The summed E-state index contributed by atoms with van der Waals surface area (Å²) in [5.74, 6) is 0.303. The number of rotatable bonds is 6. The molecule has 0 bridgehead atoms. The molecular weight excluding hydrogens is 370 g/mol. The summed E-state index contributed by atoms with van der Waals surface area (Å²) >= 11 is 0. The minimum absolute atomic E-state index is 0.227. The maximum Gasteiger partial charge on any atom is 0.339 e. The van der Waals surface area contributed by atoms with Crippen molar-refractivity contribution in [3.05, 3.63) is 56.7 Å². The van der Waals surface area contributed by atoms with E-state index in [1.165, 1.54) is 0 Å². The Balaban J connectivity index is 1.81. The van der Waals surface area contributed by atoms with Gasteiger partial charge >= 0.3 is 5.63 Å². The molecule has 29 heavy (non-hydrogen) atoms. The Morgan fingerprint density at radius 1 is 1.24 bits per heavy atom. The molecule has 1 N–H and O–H groups in total. The van der Waals surface area contributed by atoms with Crippen LogP contribution in [0.15, 0.2) is 27.5 Å². The first-order valence-corrected chi connectivity index (χ1v) is 9.73. The summed E-state index contributed by atoms with van der Waals surface area (Å²) in [6.07, 6.45) is 1.22. The third kappa shape index (κ3) is 4.18. The van der Waals surface area contributed by atoms with Crippen LogP contribution in [0.4, 0.5) is 0 Å². The van der Waals surface area contributed by atoms with Crippen molar-refractivity contribution >= 4 is 16.9 Å². The van der Waals surface area contributed by atoms with E-state index in [-0.39, 0.29) is 11.5 Å². The molecule has 0 fully saturated rings. The molecule has 0 aliphatic carbocycles. The molecule has 7 heteroatoms. The molecule has 2 heterocycles. The average Bonchev–Trinajstić information content (AvgIpc) is 3.03. The molecule has 1 unspecified atom stereocenters. The molecule has 154 valence electrons. The van der Waals surface area contributed by atoms with E-state index in [0.29, 0.717) is 28.8 Å². The van der Waals surface area contributed by atoms with Gasteiger partial charge in [0.1, 0.15) is 11.3 Å². The van der Waals surface area contributed by atoms with Gasteiger partial charge in [-0.2, -0.15) is 5.10 Å². The zero-order valence-corrected chi connectivity index (χ0v) is 17.8. The van der Waals surface area contributed by atoms with Crippen LogP contribution in [0.5, 0.6) is 5.75 Å². The van der Waals surface area contributed by atoms with E-state index in [9.17, 15) is 9.59 Å². The summed E-state index contributed by atoms with van der Waals surface area (Å²) in [6, 6.07) is 3.66. The predicted octanol–water partition coefficient (Wildman–Crippen LogP) is 3.33. The molecule has 0 aliphatic heterocycles. The van der Waals surface area contributed by atoms with Gasteiger partial charge in [-0.25, -0.2) is 4.79 Å². The van der Waals surface area contributed by atoms with Gasteiger partial charge in [0, 0.05) is 30.4 Å². The summed E-state index contributed by atoms with van der Waals surface area (Å²) in [5, 5.41) is 8.01. The Morgan fingerprint density at radius 2 is 1.97 bits per heavy atom. The Bertz CT molecular complexity index is 1130. The number of hydrogen-bond acceptors (Lipinski definition) is 5. The Morgan fingerprint density at radius 3 is 2.62 bits per heavy atom. The van der Waals surface area contributed by atoms with Crippen molar-refractivity contribution in [2.24, 2.45) is 0 Å². The predicted molar refractivity (Wildman–Crippen MR) is 111 cm³/mol. The SMILES string of the molecule is CCn1cc(CNC(=O)C(C)Oc2cc(C)cc3oc(=O)c(C)c(C)c23)c(C)n1. The van der Waals surface area contributed by atoms with Gasteiger partial charge in [-0.15, -0.1) is 0 Å². The van der Waals surface area contributed by atoms with Crippen LogP contribution in [0, 0.1) is 27.7 Å². The van der Waals surface area contributed by atoms with Crippen LogP contribution < -0.4 is 15.7 Å². The number of carbonyl (C=O) groups excluding carboxylic acids is 1. The zero-order valence-electron chi connectivity index (χ0n) is 17.8. The lowest BCUT2D eigenvalue weighted by Gasteiger charge is -2.17. The highest BCUT2D eigenvalue weighted by atomic mass is 16.5. The van der Waals surface area contributed by atoms with Crippen LogP contribution in [0.2, 0.25) is 0 Å². The first-order valence-electron chi connectivity index (χ1n) is 9.73. The standard InChI is InChI=1S/C22H27N3O4/c1-7-25-11-17(15(5)24-25)10-23-21(26)16(6)28-18-8-12(2)9-19-20(18)13(3)14(4)22(27)29-19/h8-9,11,16H,7,10H2,1-6H3,(H,23,26). The van der Waals surface area contributed by atoms with E-state index in [1.807, 2.05) is 44.6 Å². The molecule has 0 saturated carbocycles. The van der Waals surface area contributed by atoms with E-state index in [0.717, 1.165) is 28.9 Å². The van der Waals surface area contributed by atoms with E-state index >= 15 is 0 Å². The zero-order chi connectivity index (χ0) is 21.3. The minimum atomic E-state index is -0.715. The Hall–Kier alpha value is -3.09. The minimum Gasteiger partial charge on any atom is -0.480 e. The molecule has 1 aromatic carbocycles. The van der Waals surface area contributed by atoms with Crippen LogP contribution in [-0.4, -0.2) is 21.8 Å². The van der Waals surface area contributed by atoms with E-state index < -0.39 is 6.10 Å². The van der Waals surface area contributed by atoms with Crippen LogP contribution >= 0.6 is 0 Å². The lowest BCUT2D eigenvalue weighted by molar-refractivity contribution is -0.127. The van der Waals surface area contributed by atoms with Gasteiger partial charge in [0.2, 0.25) is 0 Å². The summed E-state index contributed by atoms with van der Waals surface area (Å²) in [5.41, 5.74) is 4.18. The van der Waals surface area contributed by atoms with Crippen molar-refractivity contribution < 1.29 is 13.9 Å². The van der Waals surface area contributed by atoms with Gasteiger partial charge in [-0.3, -0.25) is 9.48 Å². The molecule has 3 aromatic rings. The van der Waals surface area contributed by atoms with Gasteiger partial charge in [0.25, 0.3) is 5.91 Å². The summed E-state index contributed by atoms with van der Waals surface area (Å²) in [6.45, 7) is 12.3. The first kappa shape index (κ1) is 20.6. The molecule has 1 amide bonds. The number of benzene rings is 1. The number of amides is 1. The fraction of sp³-hybridized carbons (Fsp3) is 0.409. The van der Waals surface area contributed by atoms with Crippen molar-refractivity contribution in [1.29, 1.82) is 0 Å². The summed E-state index contributed by atoms with van der Waals surface area (Å²) < 4.78 is 13.3. The van der Waals surface area contributed by atoms with Crippen molar-refractivity contribution in [2.75, 3.05) is 0 Å². The van der Waals surface area contributed by atoms with Crippen molar-refractivity contribution in [2.45, 2.75) is 60.7 Å². The lowest BCUT2D eigenvalue weighted by Crippen LogP contribution is -2.36. The van der Waals surface area contributed by atoms with E-state index in [1.54, 1.807) is 19.9 Å². The van der Waals surface area contributed by atoms with E-state index in [4.69, 9.17) is 9.15 Å². The summed E-state index contributed by atoms with van der Waals surface area (Å²) in [4.78, 5) is 24.6. The second-order valence-corrected chi connectivity index (χ2v) is 7.35. The summed E-state index contributed by atoms with van der Waals surface area (Å²) in [7, 11) is 0. The smallest absolute Gasteiger partial charge is 0.339 e. The average molecular weight is 397 g/mol. The topological polar surface area (TPSA) is 86.4 Å². The van der Waals surface area contributed by atoms with Crippen molar-refractivity contribution in [3.63, 3.8) is 0 Å². The van der Waals surface area contributed by atoms with Gasteiger partial charge in [0.05, 0.1) is 11.1 Å². The molecule has 0 saturated heterocycles. The van der Waals surface area contributed by atoms with Crippen LogP contribution in [0.25, 0.3) is 11.0 Å². The molecular formula is C22H27N3O4. The number of aromatic nitrogens is 2. The quantitative estimate of drug-likeness (QED) is 0.645. The lowest BCUT2D eigenvalue weighted by atomic mass is 10.0. The number of hydrogen-bond donors (Lipinski definition) is 1. The highest BCUT2D eigenvalue weighted by molar-refractivity contribution is 5.89. The number of ether oxygens (including phenoxy) is 1. The normalized spacial score (nSPS) is 12.2. The molecule has 0 spiro atoms. The van der Waals surface area contributed by atoms with Crippen LogP contribution in [-0.2, 0) is 17.9 Å². The molecule has 2 aromatic heterocycles. The maximum absolute atomic E-state index is 12.6. The monoisotopic (exact) mass is 397 g/mol. The third-order valence-corrected chi connectivity index (χ3v) is 5.15. The van der Waals surface area contributed by atoms with Gasteiger partial charge < -0.3 is 14.5 Å². The molecule has 0 radical (unpaired) electrons. The van der Waals surface area contributed by atoms with Gasteiger partial charge in [0.15, 0.2) is 6.10 Å². The highest BCUT2D eigenvalue weighted by Gasteiger charge is 2.19. The third-order valence-electron chi connectivity index (χ3n) is 5.15. The number of carbonyl (C=O) groups is 1. The number of nitrogens with zero attached hydrogens (tertiary/aromatic N) is 2. The number of aryl methyl sites for hydroxylation is 4. The van der Waals surface area contributed by atoms with Gasteiger partial charge in [-0.1, -0.05) is 0 Å². The van der Waals surface area contributed by atoms with Gasteiger partial charge in [-0.05, 0) is 64.8 Å². The Labute approximate surface area is 169 Å². The maximum atomic E-state index is 12.6. The molecule has 3 rings (SSSR count). The molecule has 7 nitrogen and oxygen atoms in total. The second kappa shape index (κ2) is 8.11. The number of nitrogens with one attached hydrogen (secondary N) is 1. The molecule has 1 atom stereocenters. The van der Waals surface area contributed by atoms with Crippen molar-refractivity contribution in [1.82, 2.24) is 15.1 Å². The fourth-order valence-electron chi connectivity index (χ4n) is 3.25. The second-order valence-electron chi connectivity index (χ2n) is 7.35. The highest BCUT2D eigenvalue weighted by Crippen LogP contribution is 2.31. The molecule has 0 aliphatic rings. The number of fused-ring (bicyclic) bond motifs is 1.